The Morgan fingerprint density at radius 3 is 2.14 bits per heavy atom. The van der Waals surface area contributed by atoms with E-state index in [2.05, 4.69) is 33.0 Å². The molecule has 1 aliphatic rings. The maximum atomic E-state index is 12.4. The number of benzene rings is 1. The van der Waals surface area contributed by atoms with Gasteiger partial charge in [-0.3, -0.25) is 4.90 Å². The highest BCUT2D eigenvalue weighted by molar-refractivity contribution is 6.01. The quantitative estimate of drug-likeness (QED) is 0.899. The molecule has 1 fully saturated rings. The molecule has 21 heavy (non-hydrogen) atoms. The Morgan fingerprint density at radius 1 is 1.14 bits per heavy atom. The van der Waals surface area contributed by atoms with Gasteiger partial charge in [0.05, 0.1) is 11.3 Å². The van der Waals surface area contributed by atoms with E-state index in [1.165, 1.54) is 11.0 Å². The highest BCUT2D eigenvalue weighted by Crippen LogP contribution is 2.62. The van der Waals surface area contributed by atoms with Gasteiger partial charge < -0.3 is 10.4 Å². The van der Waals surface area contributed by atoms with Crippen LogP contribution in [0.1, 0.15) is 38.1 Å². The molecule has 0 aliphatic heterocycles. The van der Waals surface area contributed by atoms with Crippen molar-refractivity contribution >= 4 is 17.7 Å². The van der Waals surface area contributed by atoms with Crippen LogP contribution in [0, 0.1) is 10.8 Å². The van der Waals surface area contributed by atoms with Gasteiger partial charge >= 0.3 is 12.0 Å². The van der Waals surface area contributed by atoms with Crippen molar-refractivity contribution in [2.75, 3.05) is 11.9 Å². The molecule has 0 unspecified atom stereocenters. The number of amides is 2. The van der Waals surface area contributed by atoms with Gasteiger partial charge in [0.15, 0.2) is 0 Å². The average molecular weight is 290 g/mol. The van der Waals surface area contributed by atoms with Gasteiger partial charge in [0, 0.05) is 13.1 Å². The molecule has 1 aromatic carbocycles. The number of nitrogens with zero attached hydrogens (tertiary/aromatic N) is 1. The summed E-state index contributed by atoms with van der Waals surface area (Å²) >= 11 is 0. The van der Waals surface area contributed by atoms with Crippen molar-refractivity contribution in [2.45, 2.75) is 33.7 Å². The fourth-order valence-corrected chi connectivity index (χ4v) is 2.83. The van der Waals surface area contributed by atoms with Crippen LogP contribution in [0.5, 0.6) is 0 Å². The molecule has 0 radical (unpaired) electrons. The van der Waals surface area contributed by atoms with E-state index in [0.717, 1.165) is 0 Å². The summed E-state index contributed by atoms with van der Waals surface area (Å²) in [5.41, 5.74) is 0.578. The van der Waals surface area contributed by atoms with Crippen LogP contribution in [-0.2, 0) is 0 Å². The van der Waals surface area contributed by atoms with Crippen molar-refractivity contribution in [3.05, 3.63) is 29.8 Å². The van der Waals surface area contributed by atoms with E-state index >= 15 is 0 Å². The maximum absolute atomic E-state index is 12.4. The first-order chi connectivity index (χ1) is 9.60. The molecule has 0 saturated heterocycles. The molecule has 1 aliphatic carbocycles. The van der Waals surface area contributed by atoms with Gasteiger partial charge in [0.1, 0.15) is 0 Å². The summed E-state index contributed by atoms with van der Waals surface area (Å²) in [5.74, 6) is -1.04. The second-order valence-corrected chi connectivity index (χ2v) is 6.71. The first-order valence-corrected chi connectivity index (χ1v) is 6.97. The smallest absolute Gasteiger partial charge is 0.337 e. The lowest BCUT2D eigenvalue weighted by Gasteiger charge is -2.20. The van der Waals surface area contributed by atoms with Crippen molar-refractivity contribution in [3.8, 4) is 0 Å². The number of anilines is 1. The molecule has 0 aromatic heterocycles. The molecule has 5 nitrogen and oxygen atoms in total. The lowest BCUT2D eigenvalue weighted by Crippen LogP contribution is -2.41. The summed E-state index contributed by atoms with van der Waals surface area (Å²) in [6, 6.07) is 6.28. The van der Waals surface area contributed by atoms with Gasteiger partial charge in [-0.25, -0.2) is 9.59 Å². The van der Waals surface area contributed by atoms with Gasteiger partial charge in [0.2, 0.25) is 0 Å². The van der Waals surface area contributed by atoms with E-state index in [-0.39, 0.29) is 28.5 Å². The Hall–Kier alpha value is -2.04. The van der Waals surface area contributed by atoms with Crippen LogP contribution in [-0.4, -0.2) is 30.2 Å². The summed E-state index contributed by atoms with van der Waals surface area (Å²) in [4.78, 5) is 25.0. The van der Waals surface area contributed by atoms with E-state index in [9.17, 15) is 14.7 Å². The Bertz CT molecular complexity index is 579. The van der Waals surface area contributed by atoms with Crippen molar-refractivity contribution in [1.82, 2.24) is 5.32 Å². The fraction of sp³-hybridized carbons (Fsp3) is 0.500. The lowest BCUT2D eigenvalue weighted by atomic mass is 10.0. The summed E-state index contributed by atoms with van der Waals surface area (Å²) < 4.78 is 0. The molecular formula is C16H22N2O3. The minimum absolute atomic E-state index is 0.0375. The van der Waals surface area contributed by atoms with Crippen LogP contribution in [0.3, 0.4) is 0 Å². The van der Waals surface area contributed by atoms with Gasteiger partial charge in [-0.2, -0.15) is 0 Å². The van der Waals surface area contributed by atoms with Crippen LogP contribution in [0.2, 0.25) is 0 Å². The molecule has 0 bridgehead atoms. The van der Waals surface area contributed by atoms with E-state index in [0.29, 0.717) is 5.69 Å². The van der Waals surface area contributed by atoms with Gasteiger partial charge in [-0.15, -0.1) is 0 Å². The average Bonchev–Trinajstić information content (AvgIpc) is 2.80. The third-order valence-corrected chi connectivity index (χ3v) is 5.09. The Labute approximate surface area is 125 Å². The van der Waals surface area contributed by atoms with Gasteiger partial charge in [0.25, 0.3) is 0 Å². The Balaban J connectivity index is 2.17. The molecule has 114 valence electrons. The number of hydrogen-bond acceptors (Lipinski definition) is 2. The second kappa shape index (κ2) is 4.76. The van der Waals surface area contributed by atoms with Crippen LogP contribution < -0.4 is 10.2 Å². The normalized spacial score (nSPS) is 18.9. The van der Waals surface area contributed by atoms with Gasteiger partial charge in [-0.1, -0.05) is 39.8 Å². The molecule has 0 atom stereocenters. The largest absolute Gasteiger partial charge is 0.478 e. The fourth-order valence-electron chi connectivity index (χ4n) is 2.83. The van der Waals surface area contributed by atoms with E-state index in [1.807, 2.05) is 0 Å². The maximum Gasteiger partial charge on any atom is 0.337 e. The molecule has 2 amide bonds. The van der Waals surface area contributed by atoms with Crippen LogP contribution >= 0.6 is 0 Å². The summed E-state index contributed by atoms with van der Waals surface area (Å²) in [6.45, 7) is 8.46. The Morgan fingerprint density at radius 2 is 1.67 bits per heavy atom. The summed E-state index contributed by atoms with van der Waals surface area (Å²) in [6.07, 6.45) is 0. The minimum Gasteiger partial charge on any atom is -0.478 e. The minimum atomic E-state index is -1.04. The number of hydrogen-bond donors (Lipinski definition) is 2. The first kappa shape index (κ1) is 15.4. The summed E-state index contributed by atoms with van der Waals surface area (Å²) in [7, 11) is 1.58. The topological polar surface area (TPSA) is 69.6 Å². The Kier molecular flexibility index (Phi) is 3.48. The number of carboxylic acid groups (broad SMARTS) is 1. The molecule has 2 rings (SSSR count). The number of carbonyl (C=O) groups excluding carboxylic acids is 1. The SMILES string of the molecule is CN(C(=O)NC1C(C)(C)C1(C)C)c1ccccc1C(=O)O. The first-order valence-electron chi connectivity index (χ1n) is 6.97. The third-order valence-electron chi connectivity index (χ3n) is 5.09. The standard InChI is InChI=1S/C16H22N2O3/c1-15(2)13(16(15,3)4)17-14(21)18(5)11-9-7-6-8-10(11)12(19)20/h6-9,13H,1-5H3,(H,17,21)(H,19,20). The van der Waals surface area contributed by atoms with Crippen molar-refractivity contribution in [2.24, 2.45) is 10.8 Å². The predicted molar refractivity (Wildman–Crippen MR) is 81.7 cm³/mol. The lowest BCUT2D eigenvalue weighted by molar-refractivity contribution is 0.0697. The zero-order chi connectivity index (χ0) is 16.0. The van der Waals surface area contributed by atoms with Crippen LogP contribution in [0.15, 0.2) is 24.3 Å². The van der Waals surface area contributed by atoms with Crippen molar-refractivity contribution < 1.29 is 14.7 Å². The number of nitrogens with one attached hydrogen (secondary N) is 1. The predicted octanol–water partition coefficient (Wildman–Crippen LogP) is 2.97. The number of para-hydroxylation sites is 1. The highest BCUT2D eigenvalue weighted by Gasteiger charge is 2.65. The number of carbonyl (C=O) groups is 2. The zero-order valence-corrected chi connectivity index (χ0v) is 13.1. The van der Waals surface area contributed by atoms with E-state index in [4.69, 9.17) is 0 Å². The number of urea groups is 1. The second-order valence-electron chi connectivity index (χ2n) is 6.71. The summed E-state index contributed by atoms with van der Waals surface area (Å²) in [5, 5.41) is 12.2. The van der Waals surface area contributed by atoms with Crippen LogP contribution in [0.25, 0.3) is 0 Å². The highest BCUT2D eigenvalue weighted by atomic mass is 16.4. The zero-order valence-electron chi connectivity index (χ0n) is 13.1. The number of aromatic carboxylic acids is 1. The molecule has 0 spiro atoms. The monoisotopic (exact) mass is 290 g/mol. The molecule has 0 heterocycles. The van der Waals surface area contributed by atoms with Crippen molar-refractivity contribution in [3.63, 3.8) is 0 Å². The third kappa shape index (κ3) is 2.37. The molecule has 1 aromatic rings. The van der Waals surface area contributed by atoms with Gasteiger partial charge in [-0.05, 0) is 23.0 Å². The number of rotatable bonds is 3. The van der Waals surface area contributed by atoms with Crippen molar-refractivity contribution in [1.29, 1.82) is 0 Å². The van der Waals surface area contributed by atoms with E-state index in [1.54, 1.807) is 25.2 Å². The number of carboxylic acids is 1. The van der Waals surface area contributed by atoms with E-state index < -0.39 is 5.97 Å². The molecule has 2 N–H and O–H groups in total. The molecule has 1 saturated carbocycles. The van der Waals surface area contributed by atoms with Crippen LogP contribution in [0.4, 0.5) is 10.5 Å². The molecular weight excluding hydrogens is 268 g/mol. The molecule has 5 heteroatoms.